The zero-order valence-corrected chi connectivity index (χ0v) is 22.6. The minimum Gasteiger partial charge on any atom is -0.394 e. The third-order valence-corrected chi connectivity index (χ3v) is 7.46. The van der Waals surface area contributed by atoms with Gasteiger partial charge in [0.1, 0.15) is 0 Å². The van der Waals surface area contributed by atoms with E-state index in [0.717, 1.165) is 25.7 Å². The van der Waals surface area contributed by atoms with Gasteiger partial charge in [0.2, 0.25) is 5.91 Å². The fraction of sp³-hybridized carbons (Fsp3) is 0.517. The molecule has 0 radical (unpaired) electrons. The van der Waals surface area contributed by atoms with E-state index in [1.54, 1.807) is 47.1 Å². The van der Waals surface area contributed by atoms with E-state index in [4.69, 9.17) is 11.6 Å². The van der Waals surface area contributed by atoms with Crippen LogP contribution >= 0.6 is 11.6 Å². The van der Waals surface area contributed by atoms with Gasteiger partial charge in [-0.05, 0) is 64.7 Å². The highest BCUT2D eigenvalue weighted by atomic mass is 35.5. The minimum absolute atomic E-state index is 0.0314. The summed E-state index contributed by atoms with van der Waals surface area (Å²) in [5.41, 5.74) is 1.83. The van der Waals surface area contributed by atoms with Crippen molar-refractivity contribution < 1.29 is 19.8 Å². The van der Waals surface area contributed by atoms with Crippen LogP contribution < -0.4 is 4.90 Å². The third-order valence-electron chi connectivity index (χ3n) is 7.23. The summed E-state index contributed by atoms with van der Waals surface area (Å²) in [6.07, 6.45) is 11.4. The van der Waals surface area contributed by atoms with Crippen molar-refractivity contribution in [3.05, 3.63) is 64.2 Å². The highest BCUT2D eigenvalue weighted by Crippen LogP contribution is 2.46. The van der Waals surface area contributed by atoms with Gasteiger partial charge in [0.25, 0.3) is 5.91 Å². The number of likely N-dealkylation sites (tertiary alicyclic amines) is 1. The Balaban J connectivity index is 1.76. The van der Waals surface area contributed by atoms with Crippen molar-refractivity contribution in [3.8, 4) is 0 Å². The maximum absolute atomic E-state index is 13.6. The number of anilines is 1. The number of carbonyl (C=O) groups is 2. The number of nitrogens with zero attached hydrogens (tertiary/aromatic N) is 2. The second-order valence-electron chi connectivity index (χ2n) is 10.2. The van der Waals surface area contributed by atoms with Gasteiger partial charge in [0, 0.05) is 36.0 Å². The van der Waals surface area contributed by atoms with Gasteiger partial charge < -0.3 is 20.0 Å². The van der Waals surface area contributed by atoms with Crippen molar-refractivity contribution >= 4 is 29.1 Å². The molecular weight excluding hydrogens is 476 g/mol. The predicted molar refractivity (Wildman–Crippen MR) is 145 cm³/mol. The van der Waals surface area contributed by atoms with E-state index in [1.807, 2.05) is 6.08 Å². The van der Waals surface area contributed by atoms with Gasteiger partial charge in [-0.3, -0.25) is 9.59 Å². The molecule has 2 heterocycles. The number of carbonyl (C=O) groups excluding carboxylic acids is 2. The summed E-state index contributed by atoms with van der Waals surface area (Å²) in [5, 5.41) is 21.7. The molecule has 2 amide bonds. The molecular formula is C29H39ClN2O4. The van der Waals surface area contributed by atoms with Crippen LogP contribution in [0.3, 0.4) is 0 Å². The average Bonchev–Trinajstić information content (AvgIpc) is 3.39. The van der Waals surface area contributed by atoms with Crippen LogP contribution in [0.5, 0.6) is 0 Å². The van der Waals surface area contributed by atoms with Crippen LogP contribution in [0.4, 0.5) is 5.69 Å². The number of amides is 2. The molecule has 1 aromatic carbocycles. The van der Waals surface area contributed by atoms with Crippen molar-refractivity contribution in [1.82, 2.24) is 4.90 Å². The largest absolute Gasteiger partial charge is 0.394 e. The first-order chi connectivity index (χ1) is 17.1. The van der Waals surface area contributed by atoms with Crippen LogP contribution in [-0.4, -0.2) is 52.7 Å². The normalized spacial score (nSPS) is 22.9. The van der Waals surface area contributed by atoms with Crippen molar-refractivity contribution in [3.63, 3.8) is 0 Å². The van der Waals surface area contributed by atoms with E-state index in [2.05, 4.69) is 26.8 Å². The molecule has 0 saturated carbocycles. The average molecular weight is 515 g/mol. The number of aliphatic hydroxyl groups excluding tert-OH is 1. The Bertz CT molecular complexity index is 1060. The molecule has 0 unspecified atom stereocenters. The quantitative estimate of drug-likeness (QED) is 0.424. The molecule has 0 aromatic heterocycles. The zero-order valence-electron chi connectivity index (χ0n) is 21.8. The van der Waals surface area contributed by atoms with Crippen LogP contribution in [0.2, 0.25) is 5.02 Å². The zero-order chi connectivity index (χ0) is 26.5. The number of allylic oxidation sites excluding steroid dienone is 3. The van der Waals surface area contributed by atoms with Gasteiger partial charge in [-0.15, -0.1) is 0 Å². The monoisotopic (exact) mass is 514 g/mol. The second-order valence-corrected chi connectivity index (χ2v) is 10.6. The number of rotatable bonds is 10. The van der Waals surface area contributed by atoms with E-state index >= 15 is 0 Å². The Morgan fingerprint density at radius 3 is 2.72 bits per heavy atom. The highest BCUT2D eigenvalue weighted by molar-refractivity contribution is 6.31. The molecule has 0 spiro atoms. The molecule has 2 aliphatic rings. The Labute approximate surface area is 219 Å². The summed E-state index contributed by atoms with van der Waals surface area (Å²) >= 11 is 6.26. The fourth-order valence-electron chi connectivity index (χ4n) is 5.02. The number of aliphatic hydroxyl groups is 2. The lowest BCUT2D eigenvalue weighted by Gasteiger charge is -2.27. The Hall–Kier alpha value is -2.41. The first kappa shape index (κ1) is 28.2. The first-order valence-electron chi connectivity index (χ1n) is 12.8. The van der Waals surface area contributed by atoms with E-state index in [-0.39, 0.29) is 25.0 Å². The standard InChI is InChI=1S/C29H39ClN2O4/c1-20(2)8-5-9-21(3)15-17-32-26-14-13-23(30)18-25(26)29(36,28(32)35)22(4)10-6-12-27(34)31-16-7-11-24(31)19-33/h6,8,10,13-15,18,22,24,33,36H,5,7,9,11-12,16-17,19H2,1-4H3/b10-6+,21-15+/t22-,24+,29+/m1/s1. The second kappa shape index (κ2) is 12.2. The van der Waals surface area contributed by atoms with E-state index < -0.39 is 17.4 Å². The van der Waals surface area contributed by atoms with Gasteiger partial charge in [0.15, 0.2) is 5.60 Å². The summed E-state index contributed by atoms with van der Waals surface area (Å²) in [6.45, 7) is 8.97. The van der Waals surface area contributed by atoms with Crippen LogP contribution in [0.25, 0.3) is 0 Å². The molecule has 1 saturated heterocycles. The molecule has 7 heteroatoms. The summed E-state index contributed by atoms with van der Waals surface area (Å²) in [6, 6.07) is 5.04. The smallest absolute Gasteiger partial charge is 0.264 e. The summed E-state index contributed by atoms with van der Waals surface area (Å²) in [7, 11) is 0. The fourth-order valence-corrected chi connectivity index (χ4v) is 5.19. The lowest BCUT2D eigenvalue weighted by molar-refractivity contribution is -0.139. The number of hydrogen-bond acceptors (Lipinski definition) is 4. The first-order valence-corrected chi connectivity index (χ1v) is 13.2. The number of fused-ring (bicyclic) bond motifs is 1. The van der Waals surface area contributed by atoms with Gasteiger partial charge in [-0.25, -0.2) is 0 Å². The molecule has 2 aliphatic heterocycles. The maximum atomic E-state index is 13.6. The molecule has 3 rings (SSSR count). The van der Waals surface area contributed by atoms with Crippen LogP contribution in [0.1, 0.15) is 65.4 Å². The Morgan fingerprint density at radius 1 is 1.28 bits per heavy atom. The van der Waals surface area contributed by atoms with Crippen LogP contribution in [0.15, 0.2) is 53.6 Å². The Kier molecular flexibility index (Phi) is 9.56. The van der Waals surface area contributed by atoms with Crippen molar-refractivity contribution in [1.29, 1.82) is 0 Å². The molecule has 0 aliphatic carbocycles. The van der Waals surface area contributed by atoms with Crippen molar-refractivity contribution in [2.24, 2.45) is 5.92 Å². The summed E-state index contributed by atoms with van der Waals surface area (Å²) < 4.78 is 0. The third kappa shape index (κ3) is 6.10. The SMILES string of the molecule is CC(C)=CCC/C(C)=C/CN1C(=O)[C@](O)([C@H](C)/C=C/CC(=O)N2CCC[C@H]2CO)c2cc(Cl)ccc21. The van der Waals surface area contributed by atoms with Gasteiger partial charge in [-0.1, -0.05) is 54.0 Å². The lowest BCUT2D eigenvalue weighted by atomic mass is 9.83. The van der Waals surface area contributed by atoms with Gasteiger partial charge in [-0.2, -0.15) is 0 Å². The number of benzene rings is 1. The molecule has 36 heavy (non-hydrogen) atoms. The Morgan fingerprint density at radius 2 is 2.03 bits per heavy atom. The lowest BCUT2D eigenvalue weighted by Crippen LogP contribution is -2.44. The summed E-state index contributed by atoms with van der Waals surface area (Å²) in [4.78, 5) is 29.5. The van der Waals surface area contributed by atoms with E-state index in [1.165, 1.54) is 11.1 Å². The summed E-state index contributed by atoms with van der Waals surface area (Å²) in [5.74, 6) is -1.02. The molecule has 3 atom stereocenters. The van der Waals surface area contributed by atoms with Crippen molar-refractivity contribution in [2.75, 3.05) is 24.6 Å². The van der Waals surface area contributed by atoms with Crippen LogP contribution in [-0.2, 0) is 15.2 Å². The molecule has 1 aromatic rings. The minimum atomic E-state index is -1.77. The molecule has 196 valence electrons. The topological polar surface area (TPSA) is 81.1 Å². The van der Waals surface area contributed by atoms with E-state index in [9.17, 15) is 19.8 Å². The number of halogens is 1. The highest BCUT2D eigenvalue weighted by Gasteiger charge is 2.52. The predicted octanol–water partition coefficient (Wildman–Crippen LogP) is 5.13. The van der Waals surface area contributed by atoms with E-state index in [0.29, 0.717) is 29.4 Å². The van der Waals surface area contributed by atoms with Crippen molar-refractivity contribution in [2.45, 2.75) is 71.4 Å². The van der Waals surface area contributed by atoms with Crippen LogP contribution in [0, 0.1) is 5.92 Å². The maximum Gasteiger partial charge on any atom is 0.264 e. The van der Waals surface area contributed by atoms with Gasteiger partial charge >= 0.3 is 0 Å². The van der Waals surface area contributed by atoms with Gasteiger partial charge in [0.05, 0.1) is 18.3 Å². The molecule has 0 bridgehead atoms. The molecule has 2 N–H and O–H groups in total. The number of hydrogen-bond donors (Lipinski definition) is 2. The molecule has 6 nitrogen and oxygen atoms in total. The molecule has 1 fully saturated rings.